The van der Waals surface area contributed by atoms with Crippen LogP contribution in [0.3, 0.4) is 0 Å². The number of hydrogen-bond acceptors (Lipinski definition) is 5. The standard InChI is InChI=1S/C25H30N2O4/c1-28-19-8-10-23(30-3)18(15-19)17-27-14-6-13-26-12-5-7-22(26)25(27)21-16-20(29-2)9-11-24(21)31-4/h5,7-12,15-16,25H,6,13-14,17H2,1-4H3. The molecule has 1 unspecified atom stereocenters. The highest BCUT2D eigenvalue weighted by Crippen LogP contribution is 2.40. The van der Waals surface area contributed by atoms with E-state index in [4.69, 9.17) is 18.9 Å². The molecule has 2 aromatic carbocycles. The second-order valence-corrected chi connectivity index (χ2v) is 7.64. The van der Waals surface area contributed by atoms with Gasteiger partial charge in [0.25, 0.3) is 0 Å². The zero-order valence-electron chi connectivity index (χ0n) is 18.6. The lowest BCUT2D eigenvalue weighted by atomic mass is 9.99. The van der Waals surface area contributed by atoms with E-state index in [0.717, 1.165) is 60.2 Å². The Labute approximate surface area is 183 Å². The zero-order chi connectivity index (χ0) is 21.8. The minimum Gasteiger partial charge on any atom is -0.497 e. The summed E-state index contributed by atoms with van der Waals surface area (Å²) in [4.78, 5) is 2.48. The third-order valence-electron chi connectivity index (χ3n) is 5.95. The van der Waals surface area contributed by atoms with Crippen molar-refractivity contribution in [1.82, 2.24) is 9.47 Å². The summed E-state index contributed by atoms with van der Waals surface area (Å²) in [6.07, 6.45) is 3.21. The van der Waals surface area contributed by atoms with Crippen molar-refractivity contribution in [2.75, 3.05) is 35.0 Å². The van der Waals surface area contributed by atoms with E-state index in [0.29, 0.717) is 0 Å². The van der Waals surface area contributed by atoms with Gasteiger partial charge in [0.1, 0.15) is 23.0 Å². The van der Waals surface area contributed by atoms with Crippen molar-refractivity contribution in [2.45, 2.75) is 25.6 Å². The van der Waals surface area contributed by atoms with Crippen LogP contribution in [0.4, 0.5) is 0 Å². The number of fused-ring (bicyclic) bond motifs is 1. The quantitative estimate of drug-likeness (QED) is 0.560. The molecule has 1 atom stereocenters. The number of benzene rings is 2. The number of rotatable bonds is 7. The monoisotopic (exact) mass is 422 g/mol. The fourth-order valence-corrected chi connectivity index (χ4v) is 4.44. The first-order chi connectivity index (χ1) is 15.2. The number of aromatic nitrogens is 1. The highest BCUT2D eigenvalue weighted by atomic mass is 16.5. The first kappa shape index (κ1) is 21.1. The summed E-state index contributed by atoms with van der Waals surface area (Å²) >= 11 is 0. The fraction of sp³-hybridized carbons (Fsp3) is 0.360. The third kappa shape index (κ3) is 4.21. The summed E-state index contributed by atoms with van der Waals surface area (Å²) in [6, 6.07) is 16.3. The Morgan fingerprint density at radius 1 is 0.806 bits per heavy atom. The molecular weight excluding hydrogens is 392 g/mol. The topological polar surface area (TPSA) is 45.1 Å². The minimum atomic E-state index is 0.0125. The van der Waals surface area contributed by atoms with Crippen molar-refractivity contribution in [3.05, 3.63) is 71.5 Å². The van der Waals surface area contributed by atoms with Crippen LogP contribution in [0.25, 0.3) is 0 Å². The van der Waals surface area contributed by atoms with Crippen LogP contribution in [0.2, 0.25) is 0 Å². The Hall–Kier alpha value is -3.12. The molecule has 0 fully saturated rings. The zero-order valence-corrected chi connectivity index (χ0v) is 18.6. The Bertz CT molecular complexity index is 1030. The third-order valence-corrected chi connectivity index (χ3v) is 5.95. The summed E-state index contributed by atoms with van der Waals surface area (Å²) in [5.41, 5.74) is 3.42. The lowest BCUT2D eigenvalue weighted by Gasteiger charge is -2.32. The first-order valence-corrected chi connectivity index (χ1v) is 10.5. The SMILES string of the molecule is COc1ccc(OC)c(CN2CCCn3cccc3C2c2cc(OC)ccc2OC)c1. The summed E-state index contributed by atoms with van der Waals surface area (Å²) in [5, 5.41) is 0. The van der Waals surface area contributed by atoms with E-state index in [2.05, 4.69) is 39.9 Å². The second kappa shape index (κ2) is 9.35. The molecule has 0 spiro atoms. The fourth-order valence-electron chi connectivity index (χ4n) is 4.44. The summed E-state index contributed by atoms with van der Waals surface area (Å²) in [5.74, 6) is 3.35. The molecule has 6 heteroatoms. The smallest absolute Gasteiger partial charge is 0.124 e. The van der Waals surface area contributed by atoms with Crippen molar-refractivity contribution in [2.24, 2.45) is 0 Å². The van der Waals surface area contributed by atoms with Gasteiger partial charge in [-0.2, -0.15) is 0 Å². The molecule has 0 bridgehead atoms. The lowest BCUT2D eigenvalue weighted by Crippen LogP contribution is -2.30. The number of hydrogen-bond donors (Lipinski definition) is 0. The molecule has 0 N–H and O–H groups in total. The summed E-state index contributed by atoms with van der Waals surface area (Å²) < 4.78 is 24.8. The van der Waals surface area contributed by atoms with Crippen LogP contribution in [-0.2, 0) is 13.1 Å². The molecule has 4 rings (SSSR count). The normalized spacial score (nSPS) is 16.3. The molecule has 0 saturated carbocycles. The number of methoxy groups -OCH3 is 4. The van der Waals surface area contributed by atoms with Crippen LogP contribution in [0.15, 0.2) is 54.7 Å². The van der Waals surface area contributed by atoms with Gasteiger partial charge in [-0.25, -0.2) is 0 Å². The first-order valence-electron chi connectivity index (χ1n) is 10.5. The Balaban J connectivity index is 1.82. The molecule has 0 saturated heterocycles. The van der Waals surface area contributed by atoms with Crippen molar-refractivity contribution >= 4 is 0 Å². The molecule has 1 aliphatic heterocycles. The Morgan fingerprint density at radius 3 is 2.23 bits per heavy atom. The van der Waals surface area contributed by atoms with E-state index in [1.165, 1.54) is 5.69 Å². The average Bonchev–Trinajstić information content (AvgIpc) is 3.20. The van der Waals surface area contributed by atoms with Gasteiger partial charge in [-0.05, 0) is 55.0 Å². The maximum absolute atomic E-state index is 5.77. The van der Waals surface area contributed by atoms with E-state index < -0.39 is 0 Å². The largest absolute Gasteiger partial charge is 0.497 e. The number of nitrogens with zero attached hydrogens (tertiary/aromatic N) is 2. The minimum absolute atomic E-state index is 0.0125. The number of aryl methyl sites for hydroxylation is 1. The van der Waals surface area contributed by atoms with Gasteiger partial charge in [0, 0.05) is 42.7 Å². The molecule has 1 aliphatic rings. The van der Waals surface area contributed by atoms with Crippen LogP contribution in [0, 0.1) is 0 Å². The van der Waals surface area contributed by atoms with E-state index in [1.54, 1.807) is 28.4 Å². The van der Waals surface area contributed by atoms with Gasteiger partial charge in [0.05, 0.1) is 34.5 Å². The van der Waals surface area contributed by atoms with Gasteiger partial charge in [0.2, 0.25) is 0 Å². The highest BCUT2D eigenvalue weighted by molar-refractivity contribution is 5.46. The summed E-state index contributed by atoms with van der Waals surface area (Å²) in [6.45, 7) is 2.64. The molecule has 0 amide bonds. The maximum Gasteiger partial charge on any atom is 0.124 e. The lowest BCUT2D eigenvalue weighted by molar-refractivity contribution is 0.213. The average molecular weight is 423 g/mol. The summed E-state index contributed by atoms with van der Waals surface area (Å²) in [7, 11) is 6.81. The van der Waals surface area contributed by atoms with E-state index in [-0.39, 0.29) is 6.04 Å². The Kier molecular flexibility index (Phi) is 6.37. The van der Waals surface area contributed by atoms with Gasteiger partial charge >= 0.3 is 0 Å². The highest BCUT2D eigenvalue weighted by Gasteiger charge is 2.30. The van der Waals surface area contributed by atoms with Gasteiger partial charge in [-0.15, -0.1) is 0 Å². The van der Waals surface area contributed by atoms with E-state index in [1.807, 2.05) is 24.3 Å². The van der Waals surface area contributed by atoms with Crippen molar-refractivity contribution in [3.8, 4) is 23.0 Å². The van der Waals surface area contributed by atoms with Crippen molar-refractivity contribution < 1.29 is 18.9 Å². The molecule has 0 radical (unpaired) electrons. The van der Waals surface area contributed by atoms with Crippen LogP contribution in [0.1, 0.15) is 29.3 Å². The predicted octanol–water partition coefficient (Wildman–Crippen LogP) is 4.52. The van der Waals surface area contributed by atoms with Gasteiger partial charge < -0.3 is 23.5 Å². The van der Waals surface area contributed by atoms with Crippen LogP contribution in [0.5, 0.6) is 23.0 Å². The predicted molar refractivity (Wildman–Crippen MR) is 120 cm³/mol. The van der Waals surface area contributed by atoms with Gasteiger partial charge in [-0.1, -0.05) is 0 Å². The van der Waals surface area contributed by atoms with Gasteiger partial charge in [0.15, 0.2) is 0 Å². The molecule has 0 aliphatic carbocycles. The molecule has 3 aromatic rings. The van der Waals surface area contributed by atoms with Gasteiger partial charge in [-0.3, -0.25) is 4.90 Å². The van der Waals surface area contributed by atoms with Crippen molar-refractivity contribution in [1.29, 1.82) is 0 Å². The van der Waals surface area contributed by atoms with Crippen molar-refractivity contribution in [3.63, 3.8) is 0 Å². The molecule has 6 nitrogen and oxygen atoms in total. The maximum atomic E-state index is 5.77. The Morgan fingerprint density at radius 2 is 1.52 bits per heavy atom. The van der Waals surface area contributed by atoms with Crippen LogP contribution in [-0.4, -0.2) is 44.5 Å². The molecule has 164 valence electrons. The van der Waals surface area contributed by atoms with E-state index in [9.17, 15) is 0 Å². The van der Waals surface area contributed by atoms with Crippen LogP contribution >= 0.6 is 0 Å². The van der Waals surface area contributed by atoms with Crippen LogP contribution < -0.4 is 18.9 Å². The number of ether oxygens (including phenoxy) is 4. The molecule has 31 heavy (non-hydrogen) atoms. The molecule has 2 heterocycles. The van der Waals surface area contributed by atoms with E-state index >= 15 is 0 Å². The second-order valence-electron chi connectivity index (χ2n) is 7.64. The molecular formula is C25H30N2O4. The molecule has 1 aromatic heterocycles.